The predicted molar refractivity (Wildman–Crippen MR) is 105 cm³/mol. The molecular weight excluding hydrogens is 352 g/mol. The van der Waals surface area contributed by atoms with Crippen LogP contribution in [0.5, 0.6) is 0 Å². The SMILES string of the molecule is O=C(NC1CCCc2ccccc21)C1CN(c2cc(-n3cccn3)ncn2)C1. The highest BCUT2D eigenvalue weighted by Crippen LogP contribution is 2.31. The lowest BCUT2D eigenvalue weighted by atomic mass is 9.87. The Bertz CT molecular complexity index is 980. The number of aromatic nitrogens is 4. The third-order valence-electron chi connectivity index (χ3n) is 5.64. The molecule has 142 valence electrons. The molecule has 1 aromatic carbocycles. The molecule has 0 spiro atoms. The summed E-state index contributed by atoms with van der Waals surface area (Å²) in [7, 11) is 0. The summed E-state index contributed by atoms with van der Waals surface area (Å²) < 4.78 is 1.70. The standard InChI is InChI=1S/C21H22N6O/c28-21(25-18-8-3-6-15-5-1-2-7-17(15)18)16-12-26(13-16)19-11-20(23-14-22-19)27-10-4-9-24-27/h1-2,4-5,7,9-11,14,16,18H,3,6,8,12-13H2,(H,25,28). The maximum atomic E-state index is 12.7. The largest absolute Gasteiger partial charge is 0.355 e. The highest BCUT2D eigenvalue weighted by molar-refractivity contribution is 5.82. The topological polar surface area (TPSA) is 75.9 Å². The summed E-state index contributed by atoms with van der Waals surface area (Å²) in [5.74, 6) is 1.69. The number of anilines is 1. The van der Waals surface area contributed by atoms with Crippen LogP contribution in [0.15, 0.2) is 55.1 Å². The predicted octanol–water partition coefficient (Wildman–Crippen LogP) is 2.29. The molecule has 2 aromatic heterocycles. The summed E-state index contributed by atoms with van der Waals surface area (Å²) >= 11 is 0. The molecule has 7 nitrogen and oxygen atoms in total. The first kappa shape index (κ1) is 16.9. The normalized spacial score (nSPS) is 19.0. The molecule has 0 bridgehead atoms. The number of fused-ring (bicyclic) bond motifs is 1. The number of aryl methyl sites for hydroxylation is 1. The van der Waals surface area contributed by atoms with Crippen LogP contribution in [0.2, 0.25) is 0 Å². The molecule has 1 unspecified atom stereocenters. The molecule has 7 heteroatoms. The maximum absolute atomic E-state index is 12.7. The third-order valence-corrected chi connectivity index (χ3v) is 5.64. The van der Waals surface area contributed by atoms with E-state index >= 15 is 0 Å². The van der Waals surface area contributed by atoms with E-state index in [1.807, 2.05) is 18.3 Å². The number of hydrogen-bond donors (Lipinski definition) is 1. The van der Waals surface area contributed by atoms with Crippen molar-refractivity contribution in [2.75, 3.05) is 18.0 Å². The molecule has 3 aromatic rings. The Morgan fingerprint density at radius 1 is 1.11 bits per heavy atom. The fourth-order valence-electron chi connectivity index (χ4n) is 4.06. The summed E-state index contributed by atoms with van der Waals surface area (Å²) in [6.45, 7) is 1.35. The molecule has 28 heavy (non-hydrogen) atoms. The smallest absolute Gasteiger partial charge is 0.227 e. The Labute approximate surface area is 163 Å². The van der Waals surface area contributed by atoms with Crippen molar-refractivity contribution < 1.29 is 4.79 Å². The average molecular weight is 374 g/mol. The lowest BCUT2D eigenvalue weighted by Gasteiger charge is -2.40. The van der Waals surface area contributed by atoms with E-state index in [2.05, 4.69) is 49.5 Å². The van der Waals surface area contributed by atoms with Crippen LogP contribution in [0.4, 0.5) is 5.82 Å². The van der Waals surface area contributed by atoms with E-state index in [0.717, 1.165) is 30.9 Å². The number of hydrogen-bond acceptors (Lipinski definition) is 5. The summed E-state index contributed by atoms with van der Waals surface area (Å²) in [5, 5.41) is 7.47. The molecule has 1 aliphatic heterocycles. The van der Waals surface area contributed by atoms with Gasteiger partial charge in [0.2, 0.25) is 5.91 Å². The van der Waals surface area contributed by atoms with Gasteiger partial charge in [-0.1, -0.05) is 24.3 Å². The van der Waals surface area contributed by atoms with Crippen LogP contribution in [0.1, 0.15) is 30.0 Å². The molecule has 1 N–H and O–H groups in total. The highest BCUT2D eigenvalue weighted by Gasteiger charge is 2.35. The highest BCUT2D eigenvalue weighted by atomic mass is 16.2. The number of carbonyl (C=O) groups excluding carboxylic acids is 1. The van der Waals surface area contributed by atoms with Gasteiger partial charge in [-0.25, -0.2) is 14.6 Å². The Morgan fingerprint density at radius 2 is 1.96 bits per heavy atom. The van der Waals surface area contributed by atoms with Gasteiger partial charge in [-0.15, -0.1) is 0 Å². The average Bonchev–Trinajstić information content (AvgIpc) is 3.22. The maximum Gasteiger partial charge on any atom is 0.227 e. The van der Waals surface area contributed by atoms with E-state index in [-0.39, 0.29) is 17.9 Å². The van der Waals surface area contributed by atoms with Gasteiger partial charge in [0.1, 0.15) is 12.1 Å². The number of carbonyl (C=O) groups is 1. The van der Waals surface area contributed by atoms with Crippen molar-refractivity contribution in [1.82, 2.24) is 25.1 Å². The second kappa shape index (κ2) is 7.07. The lowest BCUT2D eigenvalue weighted by Crippen LogP contribution is -2.54. The van der Waals surface area contributed by atoms with Gasteiger partial charge in [-0.2, -0.15) is 5.10 Å². The lowest BCUT2D eigenvalue weighted by molar-refractivity contribution is -0.126. The zero-order chi connectivity index (χ0) is 18.9. The molecule has 1 aliphatic carbocycles. The monoisotopic (exact) mass is 374 g/mol. The van der Waals surface area contributed by atoms with Gasteiger partial charge in [0.25, 0.3) is 0 Å². The molecule has 0 radical (unpaired) electrons. The van der Waals surface area contributed by atoms with E-state index in [9.17, 15) is 4.79 Å². The van der Waals surface area contributed by atoms with E-state index in [1.165, 1.54) is 11.1 Å². The van der Waals surface area contributed by atoms with Gasteiger partial charge in [0.05, 0.1) is 12.0 Å². The summed E-state index contributed by atoms with van der Waals surface area (Å²) in [6.07, 6.45) is 8.34. The van der Waals surface area contributed by atoms with Gasteiger partial charge in [0, 0.05) is 31.5 Å². The molecule has 1 fully saturated rings. The number of rotatable bonds is 4. The summed E-state index contributed by atoms with van der Waals surface area (Å²) in [4.78, 5) is 23.5. The van der Waals surface area contributed by atoms with Crippen molar-refractivity contribution in [2.24, 2.45) is 5.92 Å². The second-order valence-corrected chi connectivity index (χ2v) is 7.44. The minimum Gasteiger partial charge on any atom is -0.355 e. The van der Waals surface area contributed by atoms with Crippen LogP contribution in [-0.2, 0) is 11.2 Å². The first-order chi connectivity index (χ1) is 13.8. The number of benzene rings is 1. The molecule has 2 aliphatic rings. The van der Waals surface area contributed by atoms with Gasteiger partial charge < -0.3 is 10.2 Å². The molecule has 3 heterocycles. The summed E-state index contributed by atoms with van der Waals surface area (Å²) in [5.41, 5.74) is 2.64. The molecule has 0 saturated carbocycles. The fraction of sp³-hybridized carbons (Fsp3) is 0.333. The van der Waals surface area contributed by atoms with Crippen molar-refractivity contribution in [3.8, 4) is 5.82 Å². The Kier molecular flexibility index (Phi) is 4.27. The van der Waals surface area contributed by atoms with Crippen molar-refractivity contribution in [2.45, 2.75) is 25.3 Å². The van der Waals surface area contributed by atoms with Crippen LogP contribution in [0.25, 0.3) is 5.82 Å². The van der Waals surface area contributed by atoms with Crippen molar-refractivity contribution in [3.63, 3.8) is 0 Å². The molecule has 1 atom stereocenters. The fourth-order valence-corrected chi connectivity index (χ4v) is 4.06. The zero-order valence-corrected chi connectivity index (χ0v) is 15.5. The van der Waals surface area contributed by atoms with E-state index in [1.54, 1.807) is 17.2 Å². The van der Waals surface area contributed by atoms with Crippen molar-refractivity contribution in [1.29, 1.82) is 0 Å². The molecule has 1 saturated heterocycles. The number of nitrogens with one attached hydrogen (secondary N) is 1. The summed E-state index contributed by atoms with van der Waals surface area (Å²) in [6, 6.07) is 12.3. The molecule has 5 rings (SSSR count). The van der Waals surface area contributed by atoms with Crippen LogP contribution in [0, 0.1) is 5.92 Å². The van der Waals surface area contributed by atoms with Crippen LogP contribution in [-0.4, -0.2) is 38.7 Å². The Balaban J connectivity index is 1.22. The number of nitrogens with zero attached hydrogens (tertiary/aromatic N) is 5. The van der Waals surface area contributed by atoms with Crippen LogP contribution < -0.4 is 10.2 Å². The van der Waals surface area contributed by atoms with Crippen molar-refractivity contribution in [3.05, 3.63) is 66.2 Å². The first-order valence-electron chi connectivity index (χ1n) is 9.73. The van der Waals surface area contributed by atoms with E-state index < -0.39 is 0 Å². The molecule has 1 amide bonds. The van der Waals surface area contributed by atoms with Crippen molar-refractivity contribution >= 4 is 11.7 Å². The van der Waals surface area contributed by atoms with Gasteiger partial charge in [-0.05, 0) is 36.5 Å². The third kappa shape index (κ3) is 3.13. The quantitative estimate of drug-likeness (QED) is 0.758. The Morgan fingerprint density at radius 3 is 2.82 bits per heavy atom. The van der Waals surface area contributed by atoms with Gasteiger partial charge in [-0.3, -0.25) is 4.79 Å². The molecular formula is C21H22N6O. The van der Waals surface area contributed by atoms with E-state index in [4.69, 9.17) is 0 Å². The van der Waals surface area contributed by atoms with Gasteiger partial charge in [0.15, 0.2) is 5.82 Å². The Hall–Kier alpha value is -3.22. The number of amides is 1. The van der Waals surface area contributed by atoms with Crippen LogP contribution >= 0.6 is 0 Å². The minimum absolute atomic E-state index is 0.00259. The minimum atomic E-state index is -0.00259. The van der Waals surface area contributed by atoms with Gasteiger partial charge >= 0.3 is 0 Å². The van der Waals surface area contributed by atoms with E-state index in [0.29, 0.717) is 13.1 Å². The first-order valence-corrected chi connectivity index (χ1v) is 9.73. The second-order valence-electron chi connectivity index (χ2n) is 7.44. The van der Waals surface area contributed by atoms with Crippen LogP contribution in [0.3, 0.4) is 0 Å². The zero-order valence-electron chi connectivity index (χ0n) is 15.5.